The van der Waals surface area contributed by atoms with Crippen LogP contribution < -0.4 is 10.1 Å². The smallest absolute Gasteiger partial charge is 0.243 e. The van der Waals surface area contributed by atoms with Gasteiger partial charge in [-0.3, -0.25) is 9.59 Å². The predicted octanol–water partition coefficient (Wildman–Crippen LogP) is 5.69. The Hall–Kier alpha value is -3.12. The molecule has 184 valence electrons. The van der Waals surface area contributed by atoms with Crippen molar-refractivity contribution in [1.82, 2.24) is 10.2 Å². The molecule has 0 aliphatic rings. The van der Waals surface area contributed by atoms with Gasteiger partial charge in [-0.2, -0.15) is 0 Å². The molecule has 1 atom stereocenters. The number of nitrogens with one attached hydrogen (secondary N) is 1. The Morgan fingerprint density at radius 3 is 2.29 bits per heavy atom. The van der Waals surface area contributed by atoms with Gasteiger partial charge in [-0.05, 0) is 55.7 Å². The third-order valence-corrected chi connectivity index (χ3v) is 6.24. The van der Waals surface area contributed by atoms with Gasteiger partial charge in [-0.15, -0.1) is 0 Å². The molecule has 0 radical (unpaired) electrons. The summed E-state index contributed by atoms with van der Waals surface area (Å²) in [6.07, 6.45) is 1.32. The fourth-order valence-corrected chi connectivity index (χ4v) is 4.09. The molecule has 3 rings (SSSR count). The average Bonchev–Trinajstić information content (AvgIpc) is 2.87. The summed E-state index contributed by atoms with van der Waals surface area (Å²) in [5.41, 5.74) is 3.16. The Bertz CT molecular complexity index is 1070. The summed E-state index contributed by atoms with van der Waals surface area (Å²) in [6, 6.07) is 24.9. The topological polar surface area (TPSA) is 58.6 Å². The summed E-state index contributed by atoms with van der Waals surface area (Å²) >= 11 is 3.46. The number of likely N-dealkylation sites (N-methyl/N-ethyl adjacent to an activating group) is 1. The van der Waals surface area contributed by atoms with E-state index in [-0.39, 0.29) is 11.8 Å². The lowest BCUT2D eigenvalue weighted by atomic mass is 10.0. The van der Waals surface area contributed by atoms with Gasteiger partial charge in [0.05, 0.1) is 6.61 Å². The second kappa shape index (κ2) is 13.7. The zero-order valence-electron chi connectivity index (χ0n) is 20.4. The third kappa shape index (κ3) is 8.55. The summed E-state index contributed by atoms with van der Waals surface area (Å²) < 4.78 is 6.78. The minimum absolute atomic E-state index is 0.0624. The highest BCUT2D eigenvalue weighted by molar-refractivity contribution is 9.10. The van der Waals surface area contributed by atoms with E-state index in [1.807, 2.05) is 92.7 Å². The fourth-order valence-electron chi connectivity index (χ4n) is 3.82. The van der Waals surface area contributed by atoms with Crippen LogP contribution in [0.15, 0.2) is 83.3 Å². The molecule has 3 aromatic carbocycles. The predicted molar refractivity (Wildman–Crippen MR) is 143 cm³/mol. The Morgan fingerprint density at radius 2 is 1.63 bits per heavy atom. The van der Waals surface area contributed by atoms with Crippen LogP contribution in [0.4, 0.5) is 0 Å². The second-order valence-electron chi connectivity index (χ2n) is 8.51. The van der Waals surface area contributed by atoms with Crippen LogP contribution in [0.1, 0.15) is 36.5 Å². The molecule has 1 N–H and O–H groups in total. The molecule has 3 aromatic rings. The Morgan fingerprint density at radius 1 is 0.943 bits per heavy atom. The molecule has 6 heteroatoms. The monoisotopic (exact) mass is 536 g/mol. The maximum Gasteiger partial charge on any atom is 0.243 e. The molecule has 0 saturated carbocycles. The SMILES string of the molecule is CCNC(=O)[C@H](Cc1ccccc1)N(Cc1ccc(Br)cc1)C(=O)CCCOc1ccc(C)cc1. The van der Waals surface area contributed by atoms with Gasteiger partial charge in [0, 0.05) is 30.4 Å². The van der Waals surface area contributed by atoms with Crippen LogP contribution in [0.2, 0.25) is 0 Å². The van der Waals surface area contributed by atoms with E-state index in [4.69, 9.17) is 4.74 Å². The highest BCUT2D eigenvalue weighted by Gasteiger charge is 2.29. The van der Waals surface area contributed by atoms with Gasteiger partial charge < -0.3 is 15.0 Å². The second-order valence-corrected chi connectivity index (χ2v) is 9.43. The Balaban J connectivity index is 1.75. The van der Waals surface area contributed by atoms with E-state index in [1.165, 1.54) is 5.56 Å². The number of ether oxygens (including phenoxy) is 1. The largest absolute Gasteiger partial charge is 0.494 e. The number of hydrogen-bond donors (Lipinski definition) is 1. The molecule has 0 bridgehead atoms. The molecule has 0 spiro atoms. The standard InChI is InChI=1S/C29H33BrN2O3/c1-3-31-29(34)27(20-23-8-5-4-6-9-23)32(21-24-13-15-25(30)16-14-24)28(33)10-7-19-35-26-17-11-22(2)12-18-26/h4-6,8-9,11-18,27H,3,7,10,19-21H2,1-2H3,(H,31,34)/t27-/m0/s1. The van der Waals surface area contributed by atoms with Crippen molar-refractivity contribution in [3.8, 4) is 5.75 Å². The van der Waals surface area contributed by atoms with E-state index in [1.54, 1.807) is 4.90 Å². The van der Waals surface area contributed by atoms with E-state index >= 15 is 0 Å². The summed E-state index contributed by atoms with van der Waals surface area (Å²) in [4.78, 5) is 28.4. The number of amides is 2. The van der Waals surface area contributed by atoms with E-state index in [2.05, 4.69) is 21.2 Å². The average molecular weight is 537 g/mol. The molecule has 5 nitrogen and oxygen atoms in total. The van der Waals surface area contributed by atoms with Crippen molar-refractivity contribution < 1.29 is 14.3 Å². The van der Waals surface area contributed by atoms with E-state index in [0.29, 0.717) is 39.0 Å². The highest BCUT2D eigenvalue weighted by atomic mass is 79.9. The van der Waals surface area contributed by atoms with Crippen molar-refractivity contribution in [2.75, 3.05) is 13.2 Å². The molecule has 0 unspecified atom stereocenters. The first kappa shape index (κ1) is 26.5. The number of carbonyl (C=O) groups excluding carboxylic acids is 2. The third-order valence-electron chi connectivity index (χ3n) is 5.71. The molecule has 2 amide bonds. The van der Waals surface area contributed by atoms with Crippen molar-refractivity contribution in [3.63, 3.8) is 0 Å². The van der Waals surface area contributed by atoms with Crippen LogP contribution in [0.3, 0.4) is 0 Å². The number of halogens is 1. The molecule has 0 saturated heterocycles. The van der Waals surface area contributed by atoms with Crippen LogP contribution in [0, 0.1) is 6.92 Å². The molecule has 0 fully saturated rings. The van der Waals surface area contributed by atoms with Crippen LogP contribution >= 0.6 is 15.9 Å². The summed E-state index contributed by atoms with van der Waals surface area (Å²) in [5.74, 6) is 0.587. The molecule has 0 aromatic heterocycles. The van der Waals surface area contributed by atoms with Gasteiger partial charge in [0.1, 0.15) is 11.8 Å². The molecule has 0 aliphatic heterocycles. The molecule has 0 aliphatic carbocycles. The van der Waals surface area contributed by atoms with E-state index in [0.717, 1.165) is 21.3 Å². The molecule has 35 heavy (non-hydrogen) atoms. The summed E-state index contributed by atoms with van der Waals surface area (Å²) in [7, 11) is 0. The van der Waals surface area contributed by atoms with E-state index in [9.17, 15) is 9.59 Å². The lowest BCUT2D eigenvalue weighted by molar-refractivity contribution is -0.141. The van der Waals surface area contributed by atoms with Gasteiger partial charge in [-0.1, -0.05) is 76.1 Å². The molecular formula is C29H33BrN2O3. The Labute approximate surface area is 216 Å². The maximum atomic E-state index is 13.5. The van der Waals surface area contributed by atoms with Crippen molar-refractivity contribution in [2.45, 2.75) is 45.7 Å². The minimum atomic E-state index is -0.605. The summed E-state index contributed by atoms with van der Waals surface area (Å²) in [6.45, 7) is 5.23. The molecular weight excluding hydrogens is 504 g/mol. The number of hydrogen-bond acceptors (Lipinski definition) is 3. The van der Waals surface area contributed by atoms with Gasteiger partial charge in [0.15, 0.2) is 0 Å². The lowest BCUT2D eigenvalue weighted by Gasteiger charge is -2.31. The number of aryl methyl sites for hydroxylation is 1. The van der Waals surface area contributed by atoms with Crippen molar-refractivity contribution in [1.29, 1.82) is 0 Å². The van der Waals surface area contributed by atoms with E-state index < -0.39 is 6.04 Å². The van der Waals surface area contributed by atoms with Crippen LogP contribution in [-0.2, 0) is 22.6 Å². The van der Waals surface area contributed by atoms with Gasteiger partial charge in [-0.25, -0.2) is 0 Å². The quantitative estimate of drug-likeness (QED) is 0.302. The number of carbonyl (C=O) groups is 2. The van der Waals surface area contributed by atoms with Gasteiger partial charge in [0.2, 0.25) is 11.8 Å². The lowest BCUT2D eigenvalue weighted by Crippen LogP contribution is -2.50. The van der Waals surface area contributed by atoms with Crippen LogP contribution in [0.5, 0.6) is 5.75 Å². The normalized spacial score (nSPS) is 11.5. The number of nitrogens with zero attached hydrogens (tertiary/aromatic N) is 1. The number of benzene rings is 3. The minimum Gasteiger partial charge on any atom is -0.494 e. The Kier molecular flexibility index (Phi) is 10.4. The van der Waals surface area contributed by atoms with Crippen molar-refractivity contribution in [2.24, 2.45) is 0 Å². The zero-order chi connectivity index (χ0) is 25.0. The first-order valence-electron chi connectivity index (χ1n) is 12.0. The van der Waals surface area contributed by atoms with Crippen LogP contribution in [0.25, 0.3) is 0 Å². The van der Waals surface area contributed by atoms with Crippen molar-refractivity contribution >= 4 is 27.7 Å². The van der Waals surface area contributed by atoms with Gasteiger partial charge in [0.25, 0.3) is 0 Å². The zero-order valence-corrected chi connectivity index (χ0v) is 22.0. The maximum absolute atomic E-state index is 13.5. The summed E-state index contributed by atoms with van der Waals surface area (Å²) in [5, 5.41) is 2.92. The van der Waals surface area contributed by atoms with Crippen LogP contribution in [-0.4, -0.2) is 35.9 Å². The first-order valence-corrected chi connectivity index (χ1v) is 12.8. The van der Waals surface area contributed by atoms with Gasteiger partial charge >= 0.3 is 0 Å². The first-order chi connectivity index (χ1) is 17.0. The van der Waals surface area contributed by atoms with Crippen molar-refractivity contribution in [3.05, 3.63) is 100 Å². The highest BCUT2D eigenvalue weighted by Crippen LogP contribution is 2.19. The fraction of sp³-hybridized carbons (Fsp3) is 0.310. The number of rotatable bonds is 12. The molecule has 0 heterocycles.